The molecule has 1 aromatic carbocycles. The molecule has 0 bridgehead atoms. The van der Waals surface area contributed by atoms with Crippen molar-refractivity contribution in [3.05, 3.63) is 29.8 Å². The highest BCUT2D eigenvalue weighted by molar-refractivity contribution is 5.92. The van der Waals surface area contributed by atoms with E-state index in [4.69, 9.17) is 0 Å². The molecule has 0 aromatic heterocycles. The third-order valence-corrected chi connectivity index (χ3v) is 3.66. The van der Waals surface area contributed by atoms with Gasteiger partial charge >= 0.3 is 6.03 Å². The molecule has 4 amide bonds. The van der Waals surface area contributed by atoms with E-state index in [2.05, 4.69) is 16.0 Å². The van der Waals surface area contributed by atoms with Gasteiger partial charge in [-0.05, 0) is 38.0 Å². The summed E-state index contributed by atoms with van der Waals surface area (Å²) in [5.41, 5.74) is 1.49. The maximum absolute atomic E-state index is 12.1. The molecule has 0 aliphatic rings. The number of nitrogens with one attached hydrogen (secondary N) is 3. The molecule has 0 unspecified atom stereocenters. The maximum Gasteiger partial charge on any atom is 0.319 e. The van der Waals surface area contributed by atoms with Crippen molar-refractivity contribution in [1.29, 1.82) is 0 Å². The van der Waals surface area contributed by atoms with Crippen LogP contribution in [0.25, 0.3) is 0 Å². The SMILES string of the molecule is CCCNC(=O)CNC(=O)Nc1ccc(CC(=O)N(CC)CC)cc1. The summed E-state index contributed by atoms with van der Waals surface area (Å²) in [6.45, 7) is 7.78. The summed E-state index contributed by atoms with van der Waals surface area (Å²) < 4.78 is 0. The van der Waals surface area contributed by atoms with Gasteiger partial charge in [0, 0.05) is 25.3 Å². The Morgan fingerprint density at radius 3 is 2.16 bits per heavy atom. The molecule has 0 saturated heterocycles. The Bertz CT molecular complexity index is 568. The molecule has 7 nitrogen and oxygen atoms in total. The number of nitrogens with zero attached hydrogens (tertiary/aromatic N) is 1. The second-order valence-corrected chi connectivity index (χ2v) is 5.60. The zero-order valence-corrected chi connectivity index (χ0v) is 15.2. The summed E-state index contributed by atoms with van der Waals surface area (Å²) in [5, 5.41) is 7.83. The fourth-order valence-electron chi connectivity index (χ4n) is 2.23. The molecule has 1 rings (SSSR count). The van der Waals surface area contributed by atoms with Gasteiger partial charge in [-0.1, -0.05) is 19.1 Å². The molecule has 0 aliphatic carbocycles. The molecule has 3 N–H and O–H groups in total. The van der Waals surface area contributed by atoms with E-state index in [9.17, 15) is 14.4 Å². The first-order chi connectivity index (χ1) is 12.0. The monoisotopic (exact) mass is 348 g/mol. The van der Waals surface area contributed by atoms with Gasteiger partial charge in [-0.2, -0.15) is 0 Å². The second-order valence-electron chi connectivity index (χ2n) is 5.60. The number of urea groups is 1. The van der Waals surface area contributed by atoms with Gasteiger partial charge in [-0.25, -0.2) is 4.79 Å². The fraction of sp³-hybridized carbons (Fsp3) is 0.500. The maximum atomic E-state index is 12.1. The number of carbonyl (C=O) groups excluding carboxylic acids is 3. The van der Waals surface area contributed by atoms with Gasteiger partial charge in [0.25, 0.3) is 0 Å². The van der Waals surface area contributed by atoms with Crippen molar-refractivity contribution >= 4 is 23.5 Å². The molecular weight excluding hydrogens is 320 g/mol. The van der Waals surface area contributed by atoms with Crippen molar-refractivity contribution in [3.8, 4) is 0 Å². The largest absolute Gasteiger partial charge is 0.355 e. The van der Waals surface area contributed by atoms with E-state index in [0.29, 0.717) is 31.7 Å². The minimum absolute atomic E-state index is 0.0672. The number of benzene rings is 1. The molecule has 0 fully saturated rings. The summed E-state index contributed by atoms with van der Waals surface area (Å²) in [7, 11) is 0. The van der Waals surface area contributed by atoms with Crippen LogP contribution in [-0.4, -0.2) is 48.9 Å². The zero-order chi connectivity index (χ0) is 18.7. The Labute approximate surface area is 149 Å². The first-order valence-corrected chi connectivity index (χ1v) is 8.68. The van der Waals surface area contributed by atoms with Gasteiger partial charge in [0.15, 0.2) is 0 Å². The first-order valence-electron chi connectivity index (χ1n) is 8.68. The molecule has 0 spiro atoms. The van der Waals surface area contributed by atoms with Crippen molar-refractivity contribution in [2.75, 3.05) is 31.5 Å². The Morgan fingerprint density at radius 1 is 0.960 bits per heavy atom. The number of anilines is 1. The van der Waals surface area contributed by atoms with Crippen LogP contribution in [0, 0.1) is 0 Å². The van der Waals surface area contributed by atoms with Crippen LogP contribution in [-0.2, 0) is 16.0 Å². The minimum Gasteiger partial charge on any atom is -0.355 e. The second kappa shape index (κ2) is 11.1. The minimum atomic E-state index is -0.446. The molecule has 0 radical (unpaired) electrons. The van der Waals surface area contributed by atoms with Gasteiger partial charge in [0.1, 0.15) is 0 Å². The normalized spacial score (nSPS) is 10.0. The predicted molar refractivity (Wildman–Crippen MR) is 98.4 cm³/mol. The van der Waals surface area contributed by atoms with Gasteiger partial charge in [0.05, 0.1) is 13.0 Å². The average Bonchev–Trinajstić information content (AvgIpc) is 2.61. The van der Waals surface area contributed by atoms with Crippen LogP contribution < -0.4 is 16.0 Å². The molecule has 25 heavy (non-hydrogen) atoms. The third-order valence-electron chi connectivity index (χ3n) is 3.66. The Balaban J connectivity index is 2.44. The highest BCUT2D eigenvalue weighted by Gasteiger charge is 2.10. The number of rotatable bonds is 9. The van der Waals surface area contributed by atoms with E-state index in [-0.39, 0.29) is 18.4 Å². The third kappa shape index (κ3) is 7.69. The highest BCUT2D eigenvalue weighted by atomic mass is 16.2. The van der Waals surface area contributed by atoms with Crippen molar-refractivity contribution < 1.29 is 14.4 Å². The topological polar surface area (TPSA) is 90.5 Å². The number of amides is 4. The van der Waals surface area contributed by atoms with Gasteiger partial charge in [-0.3, -0.25) is 9.59 Å². The van der Waals surface area contributed by atoms with E-state index in [1.54, 1.807) is 17.0 Å². The quantitative estimate of drug-likeness (QED) is 0.635. The molecule has 0 saturated carbocycles. The first kappa shape index (κ1) is 20.5. The predicted octanol–water partition coefficient (Wildman–Crippen LogP) is 1.75. The van der Waals surface area contributed by atoms with Crippen molar-refractivity contribution in [3.63, 3.8) is 0 Å². The summed E-state index contributed by atoms with van der Waals surface area (Å²) >= 11 is 0. The average molecular weight is 348 g/mol. The number of hydrogen-bond donors (Lipinski definition) is 3. The van der Waals surface area contributed by atoms with Crippen LogP contribution in [0.1, 0.15) is 32.8 Å². The lowest BCUT2D eigenvalue weighted by Crippen LogP contribution is -2.39. The van der Waals surface area contributed by atoms with Crippen molar-refractivity contribution in [1.82, 2.24) is 15.5 Å². The number of likely N-dealkylation sites (N-methyl/N-ethyl adjacent to an activating group) is 1. The zero-order valence-electron chi connectivity index (χ0n) is 15.2. The van der Waals surface area contributed by atoms with Gasteiger partial charge < -0.3 is 20.9 Å². The molecule has 0 atom stereocenters. The van der Waals surface area contributed by atoms with Gasteiger partial charge in [0.2, 0.25) is 11.8 Å². The lowest BCUT2D eigenvalue weighted by Gasteiger charge is -2.18. The van der Waals surface area contributed by atoms with Crippen LogP contribution in [0.3, 0.4) is 0 Å². The van der Waals surface area contributed by atoms with Crippen LogP contribution in [0.4, 0.5) is 10.5 Å². The van der Waals surface area contributed by atoms with Crippen LogP contribution in [0.2, 0.25) is 0 Å². The standard InChI is InChI=1S/C18H28N4O3/c1-4-11-19-16(23)13-20-18(25)21-15-9-7-14(8-10-15)12-17(24)22(5-2)6-3/h7-10H,4-6,11-13H2,1-3H3,(H,19,23)(H2,20,21,25). The van der Waals surface area contributed by atoms with E-state index < -0.39 is 6.03 Å². The van der Waals surface area contributed by atoms with E-state index in [1.165, 1.54) is 0 Å². The molecule has 1 aromatic rings. The molecule has 7 heteroatoms. The summed E-state index contributed by atoms with van der Waals surface area (Å²) in [4.78, 5) is 37.0. The van der Waals surface area contributed by atoms with Crippen LogP contribution in [0.15, 0.2) is 24.3 Å². The number of hydrogen-bond acceptors (Lipinski definition) is 3. The van der Waals surface area contributed by atoms with Crippen LogP contribution in [0.5, 0.6) is 0 Å². The van der Waals surface area contributed by atoms with Gasteiger partial charge in [-0.15, -0.1) is 0 Å². The van der Waals surface area contributed by atoms with E-state index >= 15 is 0 Å². The summed E-state index contributed by atoms with van der Waals surface area (Å²) in [6, 6.07) is 6.65. The molecule has 0 aliphatic heterocycles. The Morgan fingerprint density at radius 2 is 1.60 bits per heavy atom. The number of carbonyl (C=O) groups is 3. The Hall–Kier alpha value is -2.57. The van der Waals surface area contributed by atoms with Crippen molar-refractivity contribution in [2.45, 2.75) is 33.6 Å². The lowest BCUT2D eigenvalue weighted by atomic mass is 10.1. The van der Waals surface area contributed by atoms with E-state index in [0.717, 1.165) is 12.0 Å². The summed E-state index contributed by atoms with van der Waals surface area (Å²) in [6.07, 6.45) is 1.19. The smallest absolute Gasteiger partial charge is 0.319 e. The highest BCUT2D eigenvalue weighted by Crippen LogP contribution is 2.11. The van der Waals surface area contributed by atoms with Crippen molar-refractivity contribution in [2.24, 2.45) is 0 Å². The molecular formula is C18H28N4O3. The van der Waals surface area contributed by atoms with E-state index in [1.807, 2.05) is 32.9 Å². The fourth-order valence-corrected chi connectivity index (χ4v) is 2.23. The summed E-state index contributed by atoms with van der Waals surface area (Å²) in [5.74, 6) is -0.135. The lowest BCUT2D eigenvalue weighted by molar-refractivity contribution is -0.130. The molecule has 0 heterocycles. The molecule has 138 valence electrons. The Kier molecular flexibility index (Phi) is 9.06. The van der Waals surface area contributed by atoms with Crippen LogP contribution >= 0.6 is 0 Å².